The van der Waals surface area contributed by atoms with E-state index in [0.29, 0.717) is 0 Å². The Bertz CT molecular complexity index is 672. The van der Waals surface area contributed by atoms with E-state index in [-0.39, 0.29) is 30.8 Å². The molecule has 1 unspecified atom stereocenters. The predicted octanol–water partition coefficient (Wildman–Crippen LogP) is 3.86. The first kappa shape index (κ1) is 20.9. The molecule has 0 bridgehead atoms. The maximum Gasteiger partial charge on any atom is 0.209 e. The van der Waals surface area contributed by atoms with Gasteiger partial charge in [-0.1, -0.05) is 37.6 Å². The summed E-state index contributed by atoms with van der Waals surface area (Å²) in [5, 5.41) is 31.8. The summed E-state index contributed by atoms with van der Waals surface area (Å²) >= 11 is 0. The number of rotatable bonds is 7. The highest BCUT2D eigenvalue weighted by Crippen LogP contribution is 2.38. The molecule has 1 aliphatic rings. The number of aliphatic hydroxyl groups is 3. The standard InChI is InChI=1S/C20H28O5/c1-6-7-8-14-17(22)16(15(21)11-13(4)5)19(24)20(25,18(14)23)10-9-12(2)3/h6-7,9,13,22-23,25H,8,10-11H2,1-5H3/b7-6-. The second kappa shape index (κ2) is 8.30. The average molecular weight is 348 g/mol. The van der Waals surface area contributed by atoms with Crippen LogP contribution in [0.1, 0.15) is 53.9 Å². The fourth-order valence-corrected chi connectivity index (χ4v) is 2.64. The van der Waals surface area contributed by atoms with Gasteiger partial charge in [0.15, 0.2) is 11.4 Å². The molecule has 0 radical (unpaired) electrons. The Morgan fingerprint density at radius 1 is 1.24 bits per heavy atom. The summed E-state index contributed by atoms with van der Waals surface area (Å²) in [5.74, 6) is -2.61. The molecule has 0 saturated heterocycles. The second-order valence-corrected chi connectivity index (χ2v) is 7.02. The first-order chi connectivity index (χ1) is 11.6. The van der Waals surface area contributed by atoms with E-state index in [0.717, 1.165) is 5.57 Å². The van der Waals surface area contributed by atoms with Gasteiger partial charge >= 0.3 is 0 Å². The normalized spacial score (nSPS) is 21.5. The van der Waals surface area contributed by atoms with Crippen molar-refractivity contribution in [1.82, 2.24) is 0 Å². The van der Waals surface area contributed by atoms with E-state index in [9.17, 15) is 24.9 Å². The lowest BCUT2D eigenvalue weighted by atomic mass is 9.76. The third-order valence-electron chi connectivity index (χ3n) is 4.04. The molecular formula is C20H28O5. The Morgan fingerprint density at radius 3 is 2.32 bits per heavy atom. The molecule has 0 fully saturated rings. The summed E-state index contributed by atoms with van der Waals surface area (Å²) in [5.41, 5.74) is -1.79. The van der Waals surface area contributed by atoms with E-state index >= 15 is 0 Å². The molecule has 138 valence electrons. The maximum absolute atomic E-state index is 12.8. The van der Waals surface area contributed by atoms with Gasteiger partial charge in [0, 0.05) is 18.4 Å². The highest BCUT2D eigenvalue weighted by molar-refractivity contribution is 6.25. The van der Waals surface area contributed by atoms with Crippen molar-refractivity contribution >= 4 is 11.6 Å². The van der Waals surface area contributed by atoms with Crippen LogP contribution in [0.5, 0.6) is 0 Å². The summed E-state index contributed by atoms with van der Waals surface area (Å²) in [6, 6.07) is 0. The molecule has 5 heteroatoms. The SMILES string of the molecule is C/C=C\CC1=C(O)C(O)(CC=C(C)C)C(=O)C(C(=O)CC(C)C)=C1O. The fourth-order valence-electron chi connectivity index (χ4n) is 2.64. The first-order valence-electron chi connectivity index (χ1n) is 8.47. The van der Waals surface area contributed by atoms with Crippen LogP contribution in [0, 0.1) is 5.92 Å². The van der Waals surface area contributed by atoms with Gasteiger partial charge in [0.05, 0.1) is 0 Å². The molecule has 0 aromatic heterocycles. The van der Waals surface area contributed by atoms with E-state index in [2.05, 4.69) is 0 Å². The largest absolute Gasteiger partial charge is 0.508 e. The van der Waals surface area contributed by atoms with Crippen LogP contribution in [0.25, 0.3) is 0 Å². The number of carbonyl (C=O) groups excluding carboxylic acids is 2. The van der Waals surface area contributed by atoms with Crippen LogP contribution in [0.2, 0.25) is 0 Å². The van der Waals surface area contributed by atoms with Crippen molar-refractivity contribution in [3.63, 3.8) is 0 Å². The van der Waals surface area contributed by atoms with Gasteiger partial charge in [0.1, 0.15) is 17.1 Å². The smallest absolute Gasteiger partial charge is 0.209 e. The molecule has 0 heterocycles. The zero-order valence-electron chi connectivity index (χ0n) is 15.6. The minimum absolute atomic E-state index is 0.00876. The number of carbonyl (C=O) groups is 2. The van der Waals surface area contributed by atoms with Gasteiger partial charge < -0.3 is 15.3 Å². The van der Waals surface area contributed by atoms with Gasteiger partial charge in [-0.05, 0) is 33.1 Å². The lowest BCUT2D eigenvalue weighted by Gasteiger charge is -2.32. The Morgan fingerprint density at radius 2 is 1.84 bits per heavy atom. The Hall–Kier alpha value is -2.14. The van der Waals surface area contributed by atoms with Gasteiger partial charge in [-0.2, -0.15) is 0 Å². The van der Waals surface area contributed by atoms with Crippen LogP contribution in [0.15, 0.2) is 46.5 Å². The molecule has 1 aliphatic carbocycles. The lowest BCUT2D eigenvalue weighted by molar-refractivity contribution is -0.135. The van der Waals surface area contributed by atoms with Gasteiger partial charge in [0.2, 0.25) is 5.78 Å². The number of allylic oxidation sites excluding steroid dienone is 4. The first-order valence-corrected chi connectivity index (χ1v) is 8.47. The highest BCUT2D eigenvalue weighted by Gasteiger charge is 2.49. The number of Topliss-reactive ketones (excluding diaryl/α,β-unsaturated/α-hetero) is 2. The fraction of sp³-hybridized carbons (Fsp3) is 0.500. The summed E-state index contributed by atoms with van der Waals surface area (Å²) < 4.78 is 0. The third-order valence-corrected chi connectivity index (χ3v) is 4.04. The van der Waals surface area contributed by atoms with Crippen LogP contribution in [0.3, 0.4) is 0 Å². The monoisotopic (exact) mass is 348 g/mol. The number of aliphatic hydroxyl groups excluding tert-OH is 2. The molecular weight excluding hydrogens is 320 g/mol. The van der Waals surface area contributed by atoms with Crippen LogP contribution < -0.4 is 0 Å². The summed E-state index contributed by atoms with van der Waals surface area (Å²) in [7, 11) is 0. The van der Waals surface area contributed by atoms with Crippen molar-refractivity contribution in [2.24, 2.45) is 5.92 Å². The van der Waals surface area contributed by atoms with Gasteiger partial charge in [-0.25, -0.2) is 0 Å². The molecule has 1 rings (SSSR count). The number of hydrogen-bond donors (Lipinski definition) is 3. The van der Waals surface area contributed by atoms with Crippen LogP contribution in [-0.4, -0.2) is 32.5 Å². The van der Waals surface area contributed by atoms with E-state index in [1.165, 1.54) is 0 Å². The van der Waals surface area contributed by atoms with Crippen molar-refractivity contribution in [3.05, 3.63) is 46.5 Å². The molecule has 0 aromatic carbocycles. The minimum Gasteiger partial charge on any atom is -0.508 e. The van der Waals surface area contributed by atoms with E-state index in [4.69, 9.17) is 0 Å². The molecule has 0 amide bonds. The molecule has 25 heavy (non-hydrogen) atoms. The summed E-state index contributed by atoms with van der Waals surface area (Å²) in [6.07, 6.45) is 5.02. The second-order valence-electron chi connectivity index (χ2n) is 7.02. The number of ketones is 2. The Kier molecular flexibility index (Phi) is 6.94. The van der Waals surface area contributed by atoms with Gasteiger partial charge in [-0.3, -0.25) is 9.59 Å². The van der Waals surface area contributed by atoms with Crippen molar-refractivity contribution in [2.75, 3.05) is 0 Å². The third kappa shape index (κ3) is 4.48. The molecule has 5 nitrogen and oxygen atoms in total. The molecule has 0 saturated carbocycles. The van der Waals surface area contributed by atoms with Crippen molar-refractivity contribution in [1.29, 1.82) is 0 Å². The number of hydrogen-bond acceptors (Lipinski definition) is 5. The minimum atomic E-state index is -2.23. The molecule has 0 aliphatic heterocycles. The van der Waals surface area contributed by atoms with Crippen LogP contribution in [0.4, 0.5) is 0 Å². The van der Waals surface area contributed by atoms with E-state index in [1.54, 1.807) is 39.0 Å². The maximum atomic E-state index is 12.8. The molecule has 3 N–H and O–H groups in total. The molecule has 0 spiro atoms. The van der Waals surface area contributed by atoms with E-state index in [1.807, 2.05) is 13.8 Å². The highest BCUT2D eigenvalue weighted by atomic mass is 16.3. The zero-order chi connectivity index (χ0) is 19.4. The lowest BCUT2D eigenvalue weighted by Crippen LogP contribution is -2.46. The van der Waals surface area contributed by atoms with Crippen molar-refractivity contribution < 1.29 is 24.9 Å². The predicted molar refractivity (Wildman–Crippen MR) is 97.2 cm³/mol. The zero-order valence-corrected chi connectivity index (χ0v) is 15.6. The average Bonchev–Trinajstić information content (AvgIpc) is 2.50. The van der Waals surface area contributed by atoms with Crippen molar-refractivity contribution in [2.45, 2.75) is 59.5 Å². The van der Waals surface area contributed by atoms with Crippen LogP contribution in [-0.2, 0) is 9.59 Å². The summed E-state index contributed by atoms with van der Waals surface area (Å²) in [6.45, 7) is 9.03. The van der Waals surface area contributed by atoms with Crippen LogP contribution >= 0.6 is 0 Å². The quantitative estimate of drug-likeness (QED) is 0.480. The molecule has 1 atom stereocenters. The Labute approximate surface area is 149 Å². The summed E-state index contributed by atoms with van der Waals surface area (Å²) in [4.78, 5) is 25.3. The van der Waals surface area contributed by atoms with Gasteiger partial charge in [0.25, 0.3) is 0 Å². The van der Waals surface area contributed by atoms with E-state index < -0.39 is 34.3 Å². The van der Waals surface area contributed by atoms with Gasteiger partial charge in [-0.15, -0.1) is 0 Å². The topological polar surface area (TPSA) is 94.8 Å². The Balaban J connectivity index is 3.54. The molecule has 0 aromatic rings. The van der Waals surface area contributed by atoms with Crippen molar-refractivity contribution in [3.8, 4) is 0 Å².